The van der Waals surface area contributed by atoms with Gasteiger partial charge in [0.2, 0.25) is 0 Å². The zero-order valence-corrected chi connectivity index (χ0v) is 20.7. The van der Waals surface area contributed by atoms with Crippen LogP contribution in [0.25, 0.3) is 5.76 Å². The molecule has 0 spiro atoms. The van der Waals surface area contributed by atoms with E-state index in [-0.39, 0.29) is 34.1 Å². The van der Waals surface area contributed by atoms with E-state index in [4.69, 9.17) is 9.47 Å². The summed E-state index contributed by atoms with van der Waals surface area (Å²) in [5, 5.41) is 11.5. The highest BCUT2D eigenvalue weighted by atomic mass is 32.1. The number of benzene rings is 1. The number of hydrogen-bond acceptors (Lipinski definition) is 9. The first-order valence-electron chi connectivity index (χ1n) is 11.5. The summed E-state index contributed by atoms with van der Waals surface area (Å²) < 4.78 is 10.8. The molecule has 1 fully saturated rings. The Kier molecular flexibility index (Phi) is 6.05. The van der Waals surface area contributed by atoms with E-state index in [1.54, 1.807) is 56.6 Å². The minimum Gasteiger partial charge on any atom is -0.507 e. The number of aliphatic hydroxyl groups excluding tert-OH is 1. The van der Waals surface area contributed by atoms with Crippen LogP contribution in [-0.4, -0.2) is 45.4 Å². The third-order valence-corrected chi connectivity index (χ3v) is 7.22. The number of Topliss-reactive ketones (excluding diaryl/α,β-unsaturated/α-hetero) is 1. The van der Waals surface area contributed by atoms with Crippen molar-refractivity contribution < 1.29 is 29.0 Å². The number of esters is 1. The van der Waals surface area contributed by atoms with Crippen LogP contribution in [0.2, 0.25) is 0 Å². The van der Waals surface area contributed by atoms with Crippen molar-refractivity contribution >= 4 is 39.9 Å². The Morgan fingerprint density at radius 3 is 2.72 bits per heavy atom. The number of fused-ring (bicyclic) bond motifs is 1. The largest absolute Gasteiger partial charge is 0.507 e. The third-order valence-electron chi connectivity index (χ3n) is 6.09. The molecule has 2 aromatic heterocycles. The smallest absolute Gasteiger partial charge is 0.350 e. The molecule has 10 heteroatoms. The first-order valence-corrected chi connectivity index (χ1v) is 12.3. The van der Waals surface area contributed by atoms with E-state index in [0.29, 0.717) is 23.2 Å². The fourth-order valence-corrected chi connectivity index (χ4v) is 5.47. The second-order valence-electron chi connectivity index (χ2n) is 8.54. The van der Waals surface area contributed by atoms with E-state index in [0.717, 1.165) is 22.6 Å². The minimum absolute atomic E-state index is 0.0153. The van der Waals surface area contributed by atoms with Gasteiger partial charge in [0, 0.05) is 24.4 Å². The maximum Gasteiger partial charge on any atom is 0.350 e. The number of ether oxygens (including phenoxy) is 2. The van der Waals surface area contributed by atoms with Crippen molar-refractivity contribution in [2.75, 3.05) is 11.5 Å². The molecule has 2 aliphatic rings. The van der Waals surface area contributed by atoms with Crippen molar-refractivity contribution in [3.05, 3.63) is 75.6 Å². The van der Waals surface area contributed by atoms with Gasteiger partial charge in [0.05, 0.1) is 23.9 Å². The SMILES string of the molecule is CCOC(=O)c1sc(N2C(=O)C(=O)/C(=C(/O)c3ccc4c(c3)CC(C)O4)C2c2ccncc2)nc1C. The molecule has 1 N–H and O–H groups in total. The number of hydrogen-bond donors (Lipinski definition) is 1. The van der Waals surface area contributed by atoms with Gasteiger partial charge >= 0.3 is 11.9 Å². The Balaban J connectivity index is 1.65. The van der Waals surface area contributed by atoms with Crippen LogP contribution in [0, 0.1) is 6.92 Å². The van der Waals surface area contributed by atoms with Gasteiger partial charge in [-0.2, -0.15) is 0 Å². The molecule has 36 heavy (non-hydrogen) atoms. The second-order valence-corrected chi connectivity index (χ2v) is 9.51. The van der Waals surface area contributed by atoms with Gasteiger partial charge < -0.3 is 14.6 Å². The molecule has 3 aromatic rings. The van der Waals surface area contributed by atoms with Crippen LogP contribution in [0.15, 0.2) is 48.3 Å². The normalized spacial score (nSPS) is 20.4. The highest BCUT2D eigenvalue weighted by molar-refractivity contribution is 7.17. The number of rotatable bonds is 5. The van der Waals surface area contributed by atoms with Crippen molar-refractivity contribution in [3.8, 4) is 5.75 Å². The molecule has 1 saturated heterocycles. The molecule has 1 aromatic carbocycles. The highest BCUT2D eigenvalue weighted by Crippen LogP contribution is 2.44. The van der Waals surface area contributed by atoms with Crippen LogP contribution in [-0.2, 0) is 20.7 Å². The molecule has 2 unspecified atom stereocenters. The summed E-state index contributed by atoms with van der Waals surface area (Å²) in [5.41, 5.74) is 2.21. The lowest BCUT2D eigenvalue weighted by molar-refractivity contribution is -0.132. The number of carbonyl (C=O) groups excluding carboxylic acids is 3. The van der Waals surface area contributed by atoms with Gasteiger partial charge in [-0.1, -0.05) is 11.3 Å². The van der Waals surface area contributed by atoms with Gasteiger partial charge in [-0.25, -0.2) is 9.78 Å². The Bertz CT molecular complexity index is 1410. The van der Waals surface area contributed by atoms with Gasteiger partial charge in [0.15, 0.2) is 5.13 Å². The molecule has 5 rings (SSSR count). The number of carbonyl (C=O) groups is 3. The molecule has 184 valence electrons. The molecule has 0 radical (unpaired) electrons. The quantitative estimate of drug-likeness (QED) is 0.239. The molecule has 0 aliphatic carbocycles. The summed E-state index contributed by atoms with van der Waals surface area (Å²) in [6.07, 6.45) is 3.77. The van der Waals surface area contributed by atoms with Gasteiger partial charge in [-0.3, -0.25) is 19.5 Å². The zero-order chi connectivity index (χ0) is 25.6. The predicted molar refractivity (Wildman–Crippen MR) is 132 cm³/mol. The Morgan fingerprint density at radius 2 is 2.00 bits per heavy atom. The van der Waals surface area contributed by atoms with Gasteiger partial charge in [0.25, 0.3) is 5.78 Å². The molecule has 0 saturated carbocycles. The monoisotopic (exact) mass is 505 g/mol. The minimum atomic E-state index is -0.961. The predicted octanol–water partition coefficient (Wildman–Crippen LogP) is 3.97. The van der Waals surface area contributed by atoms with Crippen LogP contribution in [0.3, 0.4) is 0 Å². The van der Waals surface area contributed by atoms with Gasteiger partial charge in [0.1, 0.15) is 22.5 Å². The second kappa shape index (κ2) is 9.19. The molecule has 0 bridgehead atoms. The lowest BCUT2D eigenvalue weighted by atomic mass is 9.95. The summed E-state index contributed by atoms with van der Waals surface area (Å²) in [6.45, 7) is 5.48. The third kappa shape index (κ3) is 3.93. The topological polar surface area (TPSA) is 119 Å². The lowest BCUT2D eigenvalue weighted by Gasteiger charge is -2.22. The molecular weight excluding hydrogens is 482 g/mol. The molecule has 2 aliphatic heterocycles. The molecule has 4 heterocycles. The van der Waals surface area contributed by atoms with Crippen molar-refractivity contribution in [1.29, 1.82) is 0 Å². The van der Waals surface area contributed by atoms with Crippen LogP contribution in [0.5, 0.6) is 5.75 Å². The van der Waals surface area contributed by atoms with E-state index in [1.165, 1.54) is 4.90 Å². The van der Waals surface area contributed by atoms with Crippen molar-refractivity contribution in [1.82, 2.24) is 9.97 Å². The highest BCUT2D eigenvalue weighted by Gasteiger charge is 2.48. The van der Waals surface area contributed by atoms with E-state index in [9.17, 15) is 19.5 Å². The molecular formula is C26H23N3O6S. The molecule has 9 nitrogen and oxygen atoms in total. The van der Waals surface area contributed by atoms with Gasteiger partial charge in [-0.15, -0.1) is 0 Å². The summed E-state index contributed by atoms with van der Waals surface area (Å²) >= 11 is 0.966. The number of aliphatic hydroxyl groups is 1. The Labute approximate surface area is 211 Å². The van der Waals surface area contributed by atoms with E-state index >= 15 is 0 Å². The maximum absolute atomic E-state index is 13.3. The maximum atomic E-state index is 13.3. The summed E-state index contributed by atoms with van der Waals surface area (Å²) in [4.78, 5) is 49.0. The standard InChI is InChI=1S/C26H23N3O6S/c1-4-34-25(33)23-14(3)28-26(36-23)29-20(15-7-9-27-10-8-15)19(22(31)24(29)32)21(30)16-5-6-18-17(12-16)11-13(2)35-18/h5-10,12-13,20,30H,4,11H2,1-3H3/b21-19+. The van der Waals surface area contributed by atoms with Crippen molar-refractivity contribution in [3.63, 3.8) is 0 Å². The van der Waals surface area contributed by atoms with Crippen LogP contribution < -0.4 is 9.64 Å². The summed E-state index contributed by atoms with van der Waals surface area (Å²) in [6, 6.07) is 7.56. The van der Waals surface area contributed by atoms with Crippen LogP contribution in [0.1, 0.15) is 51.9 Å². The first-order chi connectivity index (χ1) is 17.3. The fraction of sp³-hybridized carbons (Fsp3) is 0.269. The lowest BCUT2D eigenvalue weighted by Crippen LogP contribution is -2.29. The number of aryl methyl sites for hydroxylation is 1. The van der Waals surface area contributed by atoms with E-state index in [1.807, 2.05) is 6.92 Å². The van der Waals surface area contributed by atoms with E-state index < -0.39 is 23.7 Å². The van der Waals surface area contributed by atoms with Gasteiger partial charge in [-0.05, 0) is 62.2 Å². The number of ketones is 1. The van der Waals surface area contributed by atoms with E-state index in [2.05, 4.69) is 9.97 Å². The summed E-state index contributed by atoms with van der Waals surface area (Å²) in [7, 11) is 0. The van der Waals surface area contributed by atoms with Crippen molar-refractivity contribution in [2.24, 2.45) is 0 Å². The Morgan fingerprint density at radius 1 is 1.25 bits per heavy atom. The van der Waals surface area contributed by atoms with Crippen molar-refractivity contribution in [2.45, 2.75) is 39.3 Å². The first kappa shape index (κ1) is 23.7. The fourth-order valence-electron chi connectivity index (χ4n) is 4.49. The average molecular weight is 506 g/mol. The summed E-state index contributed by atoms with van der Waals surface area (Å²) in [5.74, 6) is -1.80. The number of amides is 1. The number of thiazole rings is 1. The number of aromatic nitrogens is 2. The Hall–Kier alpha value is -4.05. The molecule has 2 atom stereocenters. The zero-order valence-electron chi connectivity index (χ0n) is 19.8. The van der Waals surface area contributed by atoms with Crippen LogP contribution >= 0.6 is 11.3 Å². The molecule has 1 amide bonds. The van der Waals surface area contributed by atoms with Crippen LogP contribution in [0.4, 0.5) is 5.13 Å². The number of pyridine rings is 1. The average Bonchev–Trinajstić information content (AvgIpc) is 3.51. The number of nitrogens with zero attached hydrogens (tertiary/aromatic N) is 3. The number of anilines is 1.